The average Bonchev–Trinajstić information content (AvgIpc) is 2.56. The first kappa shape index (κ1) is 14.8. The Labute approximate surface area is 131 Å². The summed E-state index contributed by atoms with van der Waals surface area (Å²) in [4.78, 5) is 12.8. The molecule has 114 valence electrons. The minimum atomic E-state index is -0.142. The SMILES string of the molecule is NC(=O)[C@@H]1CCC[NH+](Cc2ccc(-c3ccccc3)cc2)C1. The van der Waals surface area contributed by atoms with Gasteiger partial charge in [-0.05, 0) is 24.0 Å². The van der Waals surface area contributed by atoms with E-state index in [0.717, 1.165) is 32.5 Å². The Bertz CT molecular complexity index is 622. The molecule has 0 aliphatic carbocycles. The lowest BCUT2D eigenvalue weighted by Gasteiger charge is -2.28. The van der Waals surface area contributed by atoms with Crippen molar-refractivity contribution in [2.75, 3.05) is 13.1 Å². The number of nitrogens with two attached hydrogens (primary N) is 1. The van der Waals surface area contributed by atoms with Gasteiger partial charge >= 0.3 is 0 Å². The number of likely N-dealkylation sites (tertiary alicyclic amines) is 1. The molecule has 1 saturated heterocycles. The quantitative estimate of drug-likeness (QED) is 0.885. The van der Waals surface area contributed by atoms with Crippen LogP contribution in [0.2, 0.25) is 0 Å². The van der Waals surface area contributed by atoms with Crippen LogP contribution in [-0.2, 0) is 11.3 Å². The van der Waals surface area contributed by atoms with E-state index in [1.807, 2.05) is 6.07 Å². The molecule has 3 heteroatoms. The van der Waals surface area contributed by atoms with E-state index in [1.54, 1.807) is 0 Å². The third-order valence-corrected chi connectivity index (χ3v) is 4.54. The maximum atomic E-state index is 11.4. The standard InChI is InChI=1S/C19H22N2O/c20-19(22)18-7-4-12-21(14-18)13-15-8-10-17(11-9-15)16-5-2-1-3-6-16/h1-3,5-6,8-11,18H,4,7,12-14H2,(H2,20,22)/p+1/t18-/m1/s1. The summed E-state index contributed by atoms with van der Waals surface area (Å²) >= 11 is 0. The lowest BCUT2D eigenvalue weighted by atomic mass is 9.97. The van der Waals surface area contributed by atoms with Gasteiger partial charge in [-0.25, -0.2) is 0 Å². The lowest BCUT2D eigenvalue weighted by molar-refractivity contribution is -0.921. The molecule has 1 amide bonds. The zero-order valence-corrected chi connectivity index (χ0v) is 12.8. The molecule has 3 nitrogen and oxygen atoms in total. The smallest absolute Gasteiger partial charge is 0.226 e. The summed E-state index contributed by atoms with van der Waals surface area (Å²) in [5.74, 6) is -0.0935. The van der Waals surface area contributed by atoms with E-state index >= 15 is 0 Å². The van der Waals surface area contributed by atoms with Crippen molar-refractivity contribution in [3.8, 4) is 11.1 Å². The Kier molecular flexibility index (Phi) is 4.54. The Morgan fingerprint density at radius 1 is 1.05 bits per heavy atom. The van der Waals surface area contributed by atoms with Gasteiger partial charge in [-0.1, -0.05) is 54.6 Å². The third kappa shape index (κ3) is 3.55. The predicted octanol–water partition coefficient (Wildman–Crippen LogP) is 1.63. The van der Waals surface area contributed by atoms with Crippen molar-refractivity contribution in [2.45, 2.75) is 19.4 Å². The fourth-order valence-electron chi connectivity index (χ4n) is 3.29. The molecule has 1 fully saturated rings. The van der Waals surface area contributed by atoms with Gasteiger partial charge in [0.25, 0.3) is 0 Å². The number of benzene rings is 2. The first-order valence-corrected chi connectivity index (χ1v) is 7.99. The van der Waals surface area contributed by atoms with Crippen LogP contribution in [0.25, 0.3) is 11.1 Å². The van der Waals surface area contributed by atoms with Crippen molar-refractivity contribution in [1.29, 1.82) is 0 Å². The van der Waals surface area contributed by atoms with Crippen molar-refractivity contribution in [3.63, 3.8) is 0 Å². The van der Waals surface area contributed by atoms with Gasteiger partial charge in [0.2, 0.25) is 5.91 Å². The maximum absolute atomic E-state index is 11.4. The summed E-state index contributed by atoms with van der Waals surface area (Å²) in [6.07, 6.45) is 2.04. The van der Waals surface area contributed by atoms with Gasteiger partial charge in [-0.15, -0.1) is 0 Å². The highest BCUT2D eigenvalue weighted by Gasteiger charge is 2.26. The van der Waals surface area contributed by atoms with Crippen molar-refractivity contribution < 1.29 is 9.69 Å². The summed E-state index contributed by atoms with van der Waals surface area (Å²) in [5.41, 5.74) is 9.26. The van der Waals surface area contributed by atoms with Gasteiger partial charge in [-0.3, -0.25) is 4.79 Å². The molecular weight excluding hydrogens is 272 g/mol. The van der Waals surface area contributed by atoms with E-state index < -0.39 is 0 Å². The largest absolute Gasteiger partial charge is 0.369 e. The zero-order chi connectivity index (χ0) is 15.4. The molecule has 22 heavy (non-hydrogen) atoms. The number of primary amides is 1. The van der Waals surface area contributed by atoms with Crippen molar-refractivity contribution in [1.82, 2.24) is 0 Å². The molecule has 0 aromatic heterocycles. The van der Waals surface area contributed by atoms with E-state index in [0.29, 0.717) is 0 Å². The first-order chi connectivity index (χ1) is 10.7. The summed E-state index contributed by atoms with van der Waals surface area (Å²) < 4.78 is 0. The number of rotatable bonds is 4. The van der Waals surface area contributed by atoms with E-state index in [9.17, 15) is 4.79 Å². The fourth-order valence-corrected chi connectivity index (χ4v) is 3.29. The summed E-state index contributed by atoms with van der Waals surface area (Å²) in [6.45, 7) is 2.97. The Morgan fingerprint density at radius 3 is 2.41 bits per heavy atom. The van der Waals surface area contributed by atoms with Crippen LogP contribution in [0.15, 0.2) is 54.6 Å². The number of nitrogens with one attached hydrogen (secondary N) is 1. The van der Waals surface area contributed by atoms with Crippen LogP contribution in [0.1, 0.15) is 18.4 Å². The Morgan fingerprint density at radius 2 is 1.73 bits per heavy atom. The number of hydrogen-bond donors (Lipinski definition) is 2. The average molecular weight is 295 g/mol. The minimum Gasteiger partial charge on any atom is -0.369 e. The molecule has 0 spiro atoms. The van der Waals surface area contributed by atoms with Crippen LogP contribution in [0.4, 0.5) is 0 Å². The molecule has 3 rings (SSSR count). The van der Waals surface area contributed by atoms with E-state index in [4.69, 9.17) is 5.73 Å². The summed E-state index contributed by atoms with van der Waals surface area (Å²) in [5, 5.41) is 0. The second-order valence-electron chi connectivity index (χ2n) is 6.19. The van der Waals surface area contributed by atoms with Gasteiger partial charge in [0.05, 0.1) is 19.0 Å². The van der Waals surface area contributed by atoms with Gasteiger partial charge in [0.15, 0.2) is 0 Å². The number of quaternary nitrogens is 1. The van der Waals surface area contributed by atoms with E-state index in [1.165, 1.54) is 21.6 Å². The molecule has 1 heterocycles. The number of carbonyl (C=O) groups excluding carboxylic acids is 1. The Balaban J connectivity index is 1.65. The lowest BCUT2D eigenvalue weighted by Crippen LogP contribution is -3.12. The van der Waals surface area contributed by atoms with Crippen LogP contribution < -0.4 is 10.6 Å². The molecule has 2 aromatic rings. The van der Waals surface area contributed by atoms with Crippen LogP contribution in [-0.4, -0.2) is 19.0 Å². The molecule has 2 atom stereocenters. The van der Waals surface area contributed by atoms with E-state index in [-0.39, 0.29) is 11.8 Å². The van der Waals surface area contributed by atoms with Crippen molar-refractivity contribution >= 4 is 5.91 Å². The molecule has 3 N–H and O–H groups in total. The number of hydrogen-bond acceptors (Lipinski definition) is 1. The van der Waals surface area contributed by atoms with Gasteiger partial charge < -0.3 is 10.6 Å². The fraction of sp³-hybridized carbons (Fsp3) is 0.316. The molecule has 0 bridgehead atoms. The number of amides is 1. The second-order valence-corrected chi connectivity index (χ2v) is 6.19. The minimum absolute atomic E-state index is 0.0485. The highest BCUT2D eigenvalue weighted by molar-refractivity contribution is 5.76. The van der Waals surface area contributed by atoms with Crippen LogP contribution in [0, 0.1) is 5.92 Å². The van der Waals surface area contributed by atoms with Crippen molar-refractivity contribution in [2.24, 2.45) is 11.7 Å². The van der Waals surface area contributed by atoms with Crippen molar-refractivity contribution in [3.05, 3.63) is 60.2 Å². The highest BCUT2D eigenvalue weighted by atomic mass is 16.1. The molecule has 1 aliphatic heterocycles. The molecular formula is C19H23N2O+. The molecule has 0 saturated carbocycles. The summed E-state index contributed by atoms with van der Waals surface area (Å²) in [6, 6.07) is 19.2. The molecule has 2 aromatic carbocycles. The summed E-state index contributed by atoms with van der Waals surface area (Å²) in [7, 11) is 0. The second kappa shape index (κ2) is 6.75. The van der Waals surface area contributed by atoms with Gasteiger partial charge in [0, 0.05) is 5.56 Å². The van der Waals surface area contributed by atoms with E-state index in [2.05, 4.69) is 48.5 Å². The number of carbonyl (C=O) groups is 1. The number of piperidine rings is 1. The predicted molar refractivity (Wildman–Crippen MR) is 88.2 cm³/mol. The third-order valence-electron chi connectivity index (χ3n) is 4.54. The van der Waals surface area contributed by atoms with Crippen LogP contribution in [0.3, 0.4) is 0 Å². The molecule has 1 unspecified atom stereocenters. The van der Waals surface area contributed by atoms with Crippen LogP contribution in [0.5, 0.6) is 0 Å². The Hall–Kier alpha value is -2.13. The maximum Gasteiger partial charge on any atom is 0.226 e. The van der Waals surface area contributed by atoms with Crippen LogP contribution >= 0.6 is 0 Å². The van der Waals surface area contributed by atoms with Gasteiger partial charge in [0.1, 0.15) is 6.54 Å². The first-order valence-electron chi connectivity index (χ1n) is 7.99. The van der Waals surface area contributed by atoms with Gasteiger partial charge in [-0.2, -0.15) is 0 Å². The normalized spacial score (nSPS) is 21.5. The highest BCUT2D eigenvalue weighted by Crippen LogP contribution is 2.19. The zero-order valence-electron chi connectivity index (χ0n) is 12.8. The topological polar surface area (TPSA) is 47.5 Å². The molecule has 1 aliphatic rings. The molecule has 0 radical (unpaired) electrons. The monoisotopic (exact) mass is 295 g/mol.